The van der Waals surface area contributed by atoms with Crippen molar-refractivity contribution in [2.75, 3.05) is 40.4 Å². The Balaban J connectivity index is 2.14. The molecule has 2 atom stereocenters. The first-order valence-corrected chi connectivity index (χ1v) is 8.20. The van der Waals surface area contributed by atoms with Gasteiger partial charge in [-0.05, 0) is 47.1 Å². The van der Waals surface area contributed by atoms with Gasteiger partial charge in [-0.25, -0.2) is 4.79 Å². The Labute approximate surface area is 134 Å². The summed E-state index contributed by atoms with van der Waals surface area (Å²) >= 11 is 0. The second-order valence-corrected chi connectivity index (χ2v) is 7.10. The molecule has 6 nitrogen and oxygen atoms in total. The molecular weight excluding hydrogens is 282 g/mol. The van der Waals surface area contributed by atoms with Crippen LogP contribution in [0.25, 0.3) is 0 Å². The van der Waals surface area contributed by atoms with Crippen molar-refractivity contribution in [2.45, 2.75) is 57.7 Å². The van der Waals surface area contributed by atoms with E-state index in [4.69, 9.17) is 9.47 Å². The van der Waals surface area contributed by atoms with E-state index in [9.17, 15) is 4.79 Å². The lowest BCUT2D eigenvalue weighted by atomic mass is 10.2. The standard InChI is InChI=1S/C16H33N3O3/c1-16(2,3)22-15(20)18-14-7-6-13(12-14)17-8-9-19(4)10-11-21-5/h13-14,17H,6-12H2,1-5H3,(H,18,20). The number of methoxy groups -OCH3 is 1. The molecule has 22 heavy (non-hydrogen) atoms. The Bertz CT molecular complexity index is 331. The first-order valence-electron chi connectivity index (χ1n) is 8.20. The first kappa shape index (κ1) is 19.2. The number of amides is 1. The lowest BCUT2D eigenvalue weighted by Crippen LogP contribution is -2.40. The number of rotatable bonds is 8. The van der Waals surface area contributed by atoms with E-state index in [1.54, 1.807) is 7.11 Å². The SMILES string of the molecule is COCCN(C)CCNC1CCC(NC(=O)OC(C)(C)C)C1. The molecule has 1 saturated carbocycles. The van der Waals surface area contributed by atoms with E-state index in [2.05, 4.69) is 22.6 Å². The molecule has 6 heteroatoms. The van der Waals surface area contributed by atoms with Crippen LogP contribution in [0.4, 0.5) is 4.79 Å². The molecule has 1 aliphatic carbocycles. The highest BCUT2D eigenvalue weighted by atomic mass is 16.6. The summed E-state index contributed by atoms with van der Waals surface area (Å²) in [5.41, 5.74) is -0.437. The summed E-state index contributed by atoms with van der Waals surface area (Å²) in [6.45, 7) is 9.32. The van der Waals surface area contributed by atoms with Gasteiger partial charge < -0.3 is 25.0 Å². The molecule has 0 aromatic heterocycles. The smallest absolute Gasteiger partial charge is 0.407 e. The van der Waals surface area contributed by atoms with E-state index in [0.29, 0.717) is 6.04 Å². The maximum absolute atomic E-state index is 11.8. The summed E-state index contributed by atoms with van der Waals surface area (Å²) in [5.74, 6) is 0. The van der Waals surface area contributed by atoms with Crippen molar-refractivity contribution in [2.24, 2.45) is 0 Å². The van der Waals surface area contributed by atoms with Gasteiger partial charge in [-0.3, -0.25) is 0 Å². The van der Waals surface area contributed by atoms with Crippen LogP contribution in [0, 0.1) is 0 Å². The van der Waals surface area contributed by atoms with Gasteiger partial charge in [0.25, 0.3) is 0 Å². The van der Waals surface area contributed by atoms with Crippen LogP contribution < -0.4 is 10.6 Å². The topological polar surface area (TPSA) is 62.8 Å². The molecule has 1 aliphatic rings. The number of likely N-dealkylation sites (N-methyl/N-ethyl adjacent to an activating group) is 1. The molecule has 2 unspecified atom stereocenters. The Kier molecular flexibility index (Phi) is 8.14. The van der Waals surface area contributed by atoms with Crippen LogP contribution in [0.2, 0.25) is 0 Å². The van der Waals surface area contributed by atoms with Crippen molar-refractivity contribution in [1.82, 2.24) is 15.5 Å². The van der Waals surface area contributed by atoms with Crippen molar-refractivity contribution in [3.05, 3.63) is 0 Å². The molecule has 0 aliphatic heterocycles. The zero-order valence-corrected chi connectivity index (χ0v) is 14.8. The first-order chi connectivity index (χ1) is 10.3. The quantitative estimate of drug-likeness (QED) is 0.712. The van der Waals surface area contributed by atoms with Crippen LogP contribution in [-0.4, -0.2) is 69.1 Å². The number of carbonyl (C=O) groups excluding carboxylic acids is 1. The van der Waals surface area contributed by atoms with Crippen molar-refractivity contribution in [3.63, 3.8) is 0 Å². The molecule has 1 fully saturated rings. The van der Waals surface area contributed by atoms with E-state index in [1.807, 2.05) is 20.8 Å². The molecule has 0 spiro atoms. The van der Waals surface area contributed by atoms with E-state index in [1.165, 1.54) is 0 Å². The summed E-state index contributed by atoms with van der Waals surface area (Å²) in [4.78, 5) is 14.0. The third-order valence-electron chi connectivity index (χ3n) is 3.76. The van der Waals surface area contributed by atoms with Crippen LogP contribution >= 0.6 is 0 Å². The molecule has 130 valence electrons. The second-order valence-electron chi connectivity index (χ2n) is 7.10. The number of hydrogen-bond acceptors (Lipinski definition) is 5. The lowest BCUT2D eigenvalue weighted by molar-refractivity contribution is 0.0505. The van der Waals surface area contributed by atoms with Crippen molar-refractivity contribution < 1.29 is 14.3 Å². The lowest BCUT2D eigenvalue weighted by Gasteiger charge is -2.22. The molecule has 0 heterocycles. The van der Waals surface area contributed by atoms with E-state index >= 15 is 0 Å². The molecule has 1 amide bonds. The Hall–Kier alpha value is -0.850. The number of carbonyl (C=O) groups is 1. The van der Waals surface area contributed by atoms with Gasteiger partial charge >= 0.3 is 6.09 Å². The van der Waals surface area contributed by atoms with Crippen LogP contribution in [0.5, 0.6) is 0 Å². The number of nitrogens with zero attached hydrogens (tertiary/aromatic N) is 1. The third kappa shape index (κ3) is 8.56. The second kappa shape index (κ2) is 9.33. The highest BCUT2D eigenvalue weighted by molar-refractivity contribution is 5.68. The molecule has 0 saturated heterocycles. The van der Waals surface area contributed by atoms with Crippen LogP contribution in [0.1, 0.15) is 40.0 Å². The summed E-state index contributed by atoms with van der Waals surface area (Å²) in [5, 5.41) is 6.53. The van der Waals surface area contributed by atoms with Gasteiger partial charge in [-0.1, -0.05) is 0 Å². The van der Waals surface area contributed by atoms with Gasteiger partial charge in [0.1, 0.15) is 5.60 Å². The van der Waals surface area contributed by atoms with Crippen molar-refractivity contribution in [3.8, 4) is 0 Å². The largest absolute Gasteiger partial charge is 0.444 e. The Morgan fingerprint density at radius 2 is 1.91 bits per heavy atom. The minimum absolute atomic E-state index is 0.221. The fourth-order valence-electron chi connectivity index (χ4n) is 2.59. The van der Waals surface area contributed by atoms with Crippen LogP contribution in [0.3, 0.4) is 0 Å². The number of ether oxygens (including phenoxy) is 2. The molecule has 1 rings (SSSR count). The molecule has 2 N–H and O–H groups in total. The fourth-order valence-corrected chi connectivity index (χ4v) is 2.59. The summed E-state index contributed by atoms with van der Waals surface area (Å²) in [7, 11) is 3.82. The zero-order chi connectivity index (χ0) is 16.6. The fraction of sp³-hybridized carbons (Fsp3) is 0.938. The Morgan fingerprint density at radius 1 is 1.23 bits per heavy atom. The van der Waals surface area contributed by atoms with E-state index in [0.717, 1.165) is 45.5 Å². The summed E-state index contributed by atoms with van der Waals surface area (Å²) < 4.78 is 10.4. The average Bonchev–Trinajstić information content (AvgIpc) is 2.81. The zero-order valence-electron chi connectivity index (χ0n) is 14.8. The highest BCUT2D eigenvalue weighted by Crippen LogP contribution is 2.19. The van der Waals surface area contributed by atoms with Crippen LogP contribution in [0.15, 0.2) is 0 Å². The minimum Gasteiger partial charge on any atom is -0.444 e. The molecule has 0 aromatic carbocycles. The predicted octanol–water partition coefficient (Wildman–Crippen LogP) is 1.60. The number of hydrogen-bond donors (Lipinski definition) is 2. The van der Waals surface area contributed by atoms with Gasteiger partial charge in [-0.15, -0.1) is 0 Å². The number of alkyl carbamates (subject to hydrolysis) is 1. The minimum atomic E-state index is -0.437. The molecular formula is C16H33N3O3. The summed E-state index contributed by atoms with van der Waals surface area (Å²) in [6, 6.07) is 0.703. The summed E-state index contributed by atoms with van der Waals surface area (Å²) in [6.07, 6.45) is 2.78. The molecule has 0 aromatic rings. The van der Waals surface area contributed by atoms with E-state index < -0.39 is 5.60 Å². The van der Waals surface area contributed by atoms with Crippen molar-refractivity contribution >= 4 is 6.09 Å². The van der Waals surface area contributed by atoms with E-state index in [-0.39, 0.29) is 12.1 Å². The maximum atomic E-state index is 11.8. The maximum Gasteiger partial charge on any atom is 0.407 e. The van der Waals surface area contributed by atoms with Gasteiger partial charge in [0.2, 0.25) is 0 Å². The highest BCUT2D eigenvalue weighted by Gasteiger charge is 2.27. The van der Waals surface area contributed by atoms with Gasteiger partial charge in [0, 0.05) is 38.8 Å². The average molecular weight is 315 g/mol. The normalized spacial score (nSPS) is 22.1. The van der Waals surface area contributed by atoms with Crippen molar-refractivity contribution in [1.29, 1.82) is 0 Å². The number of nitrogens with one attached hydrogen (secondary N) is 2. The molecule has 0 bridgehead atoms. The van der Waals surface area contributed by atoms with Gasteiger partial charge in [0.15, 0.2) is 0 Å². The third-order valence-corrected chi connectivity index (χ3v) is 3.76. The molecule has 0 radical (unpaired) electrons. The van der Waals surface area contributed by atoms with Gasteiger partial charge in [0.05, 0.1) is 6.61 Å². The van der Waals surface area contributed by atoms with Gasteiger partial charge in [-0.2, -0.15) is 0 Å². The Morgan fingerprint density at radius 3 is 2.55 bits per heavy atom. The van der Waals surface area contributed by atoms with Crippen LogP contribution in [-0.2, 0) is 9.47 Å². The monoisotopic (exact) mass is 315 g/mol. The predicted molar refractivity (Wildman–Crippen MR) is 88.2 cm³/mol.